The molecule has 2 rings (SSSR count). The van der Waals surface area contributed by atoms with Gasteiger partial charge in [-0.15, -0.1) is 0 Å². The molecule has 0 saturated heterocycles. The summed E-state index contributed by atoms with van der Waals surface area (Å²) < 4.78 is 40.3. The first kappa shape index (κ1) is 15.7. The predicted molar refractivity (Wildman–Crippen MR) is 84.5 cm³/mol. The molecule has 0 fully saturated rings. The number of benzene rings is 2. The molecule has 3 N–H and O–H groups in total. The molecule has 0 aliphatic heterocycles. The van der Waals surface area contributed by atoms with Crippen molar-refractivity contribution < 1.29 is 12.8 Å². The molecule has 0 aromatic heterocycles. The molecule has 0 aliphatic carbocycles. The fourth-order valence-corrected chi connectivity index (χ4v) is 3.05. The van der Waals surface area contributed by atoms with E-state index in [0.717, 1.165) is 18.2 Å². The van der Waals surface area contributed by atoms with Gasteiger partial charge in [-0.3, -0.25) is 4.72 Å². The van der Waals surface area contributed by atoms with Gasteiger partial charge in [-0.2, -0.15) is 0 Å². The number of nitrogens with two attached hydrogens (primary N) is 1. The largest absolute Gasteiger partial charge is 0.389 e. The molecule has 0 bridgehead atoms. The van der Waals surface area contributed by atoms with E-state index in [1.807, 2.05) is 0 Å². The van der Waals surface area contributed by atoms with E-state index in [2.05, 4.69) is 16.9 Å². The van der Waals surface area contributed by atoms with Crippen LogP contribution in [0.3, 0.4) is 0 Å². The van der Waals surface area contributed by atoms with Crippen LogP contribution in [0, 0.1) is 5.82 Å². The molecule has 4 nitrogen and oxygen atoms in total. The van der Waals surface area contributed by atoms with Gasteiger partial charge >= 0.3 is 0 Å². The number of hydrogen-bond acceptors (Lipinski definition) is 3. The normalized spacial score (nSPS) is 11.1. The van der Waals surface area contributed by atoms with Crippen LogP contribution in [-0.2, 0) is 10.0 Å². The molecule has 0 heterocycles. The van der Waals surface area contributed by atoms with Crippen molar-refractivity contribution in [3.8, 4) is 0 Å². The number of halogens is 2. The summed E-state index contributed by atoms with van der Waals surface area (Å²) in [6.45, 7) is 0. The van der Waals surface area contributed by atoms with Crippen LogP contribution >= 0.6 is 23.8 Å². The Bertz CT molecular complexity index is 810. The Balaban J connectivity index is 2.40. The van der Waals surface area contributed by atoms with Crippen LogP contribution in [0.25, 0.3) is 0 Å². The van der Waals surface area contributed by atoms with E-state index in [1.54, 1.807) is 18.2 Å². The highest BCUT2D eigenvalue weighted by molar-refractivity contribution is 7.92. The van der Waals surface area contributed by atoms with Gasteiger partial charge in [0.05, 0.1) is 10.6 Å². The Morgan fingerprint density at radius 1 is 1.24 bits per heavy atom. The zero-order valence-electron chi connectivity index (χ0n) is 10.5. The van der Waals surface area contributed by atoms with Gasteiger partial charge in [0.2, 0.25) is 0 Å². The molecule has 0 unspecified atom stereocenters. The van der Waals surface area contributed by atoms with Crippen molar-refractivity contribution in [2.24, 2.45) is 5.73 Å². The van der Waals surface area contributed by atoms with Gasteiger partial charge in [0.15, 0.2) is 0 Å². The Kier molecular flexibility index (Phi) is 4.46. The third-order valence-electron chi connectivity index (χ3n) is 2.59. The van der Waals surface area contributed by atoms with E-state index < -0.39 is 15.8 Å². The van der Waals surface area contributed by atoms with E-state index in [-0.39, 0.29) is 15.4 Å². The highest BCUT2D eigenvalue weighted by Gasteiger charge is 2.17. The Morgan fingerprint density at radius 2 is 1.95 bits per heavy atom. The summed E-state index contributed by atoms with van der Waals surface area (Å²) in [5.41, 5.74) is 5.53. The molecule has 0 saturated carbocycles. The van der Waals surface area contributed by atoms with E-state index in [0.29, 0.717) is 10.7 Å². The topological polar surface area (TPSA) is 72.2 Å². The van der Waals surface area contributed by atoms with Crippen molar-refractivity contribution in [3.63, 3.8) is 0 Å². The number of anilines is 1. The van der Waals surface area contributed by atoms with Crippen LogP contribution in [0.2, 0.25) is 5.02 Å². The van der Waals surface area contributed by atoms with E-state index in [4.69, 9.17) is 17.3 Å². The molecule has 8 heteroatoms. The molecule has 2 aromatic carbocycles. The van der Waals surface area contributed by atoms with Crippen LogP contribution in [0.4, 0.5) is 10.1 Å². The second-order valence-corrected chi connectivity index (χ2v) is 6.68. The first-order valence-corrected chi connectivity index (χ1v) is 7.94. The third kappa shape index (κ3) is 3.69. The first-order chi connectivity index (χ1) is 9.79. The molecule has 110 valence electrons. The van der Waals surface area contributed by atoms with Crippen LogP contribution in [0.5, 0.6) is 0 Å². The molecule has 0 radical (unpaired) electrons. The Morgan fingerprint density at radius 3 is 2.57 bits per heavy atom. The van der Waals surface area contributed by atoms with Crippen LogP contribution < -0.4 is 10.5 Å². The van der Waals surface area contributed by atoms with E-state index >= 15 is 0 Å². The lowest BCUT2D eigenvalue weighted by Gasteiger charge is -2.10. The summed E-state index contributed by atoms with van der Waals surface area (Å²) in [7, 11) is -3.89. The van der Waals surface area contributed by atoms with E-state index in [9.17, 15) is 12.8 Å². The standard InChI is InChI=1S/C13H10ClFN2O2S2/c14-8-2-1-3-9(6-8)17-21(18,19)10-4-5-12(15)11(7-10)13(16)20/h1-7,17H,(H2,16,20). The summed E-state index contributed by atoms with van der Waals surface area (Å²) in [5, 5.41) is 0.387. The van der Waals surface area contributed by atoms with Crippen molar-refractivity contribution in [3.05, 3.63) is 58.9 Å². The summed E-state index contributed by atoms with van der Waals surface area (Å²) in [6.07, 6.45) is 0. The molecular formula is C13H10ClFN2O2S2. The van der Waals surface area contributed by atoms with E-state index in [1.165, 1.54) is 6.07 Å². The summed E-state index contributed by atoms with van der Waals surface area (Å²) in [4.78, 5) is -0.362. The molecule has 2 aromatic rings. The zero-order chi connectivity index (χ0) is 15.6. The van der Waals surface area contributed by atoms with Gasteiger partial charge in [0.25, 0.3) is 10.0 Å². The van der Waals surface area contributed by atoms with Crippen molar-refractivity contribution in [1.82, 2.24) is 0 Å². The third-order valence-corrected chi connectivity index (χ3v) is 4.42. The summed E-state index contributed by atoms with van der Waals surface area (Å²) in [5.74, 6) is -0.677. The SMILES string of the molecule is NC(=S)c1cc(S(=O)(=O)Nc2cccc(Cl)c2)ccc1F. The maximum Gasteiger partial charge on any atom is 0.261 e. The lowest BCUT2D eigenvalue weighted by molar-refractivity contribution is 0.599. The smallest absolute Gasteiger partial charge is 0.261 e. The maximum atomic E-state index is 13.5. The lowest BCUT2D eigenvalue weighted by atomic mass is 10.2. The van der Waals surface area contributed by atoms with Gasteiger partial charge < -0.3 is 5.73 Å². The van der Waals surface area contributed by atoms with Gasteiger partial charge in [0.1, 0.15) is 10.8 Å². The summed E-state index contributed by atoms with van der Waals surface area (Å²) in [6, 6.07) is 9.43. The first-order valence-electron chi connectivity index (χ1n) is 5.67. The highest BCUT2D eigenvalue weighted by atomic mass is 35.5. The number of thiocarbonyl (C=S) groups is 1. The molecule has 0 amide bonds. The second-order valence-electron chi connectivity index (χ2n) is 4.12. The number of hydrogen-bond donors (Lipinski definition) is 2. The van der Waals surface area contributed by atoms with Crippen LogP contribution in [0.15, 0.2) is 47.4 Å². The summed E-state index contributed by atoms with van der Waals surface area (Å²) >= 11 is 10.5. The lowest BCUT2D eigenvalue weighted by Crippen LogP contribution is -2.16. The van der Waals surface area contributed by atoms with Gasteiger partial charge in [-0.25, -0.2) is 12.8 Å². The molecule has 21 heavy (non-hydrogen) atoms. The average Bonchev–Trinajstić information content (AvgIpc) is 2.38. The quantitative estimate of drug-likeness (QED) is 0.836. The van der Waals surface area contributed by atoms with Gasteiger partial charge in [-0.1, -0.05) is 29.9 Å². The number of sulfonamides is 1. The minimum atomic E-state index is -3.89. The van der Waals surface area contributed by atoms with Crippen molar-refractivity contribution in [2.45, 2.75) is 4.90 Å². The fourth-order valence-electron chi connectivity index (χ4n) is 1.63. The van der Waals surface area contributed by atoms with Crippen LogP contribution in [0.1, 0.15) is 5.56 Å². The maximum absolute atomic E-state index is 13.5. The van der Waals surface area contributed by atoms with Gasteiger partial charge in [0, 0.05) is 10.6 Å². The highest BCUT2D eigenvalue weighted by Crippen LogP contribution is 2.21. The predicted octanol–water partition coefficient (Wildman–Crippen LogP) is 2.91. The minimum Gasteiger partial charge on any atom is -0.389 e. The van der Waals surface area contributed by atoms with Crippen molar-refractivity contribution in [2.75, 3.05) is 4.72 Å². The molecule has 0 atom stereocenters. The number of nitrogens with one attached hydrogen (secondary N) is 1. The fraction of sp³-hybridized carbons (Fsp3) is 0. The minimum absolute atomic E-state index is 0.126. The second kappa shape index (κ2) is 5.97. The average molecular weight is 345 g/mol. The molecule has 0 spiro atoms. The van der Waals surface area contributed by atoms with Crippen LogP contribution in [-0.4, -0.2) is 13.4 Å². The number of rotatable bonds is 4. The van der Waals surface area contributed by atoms with Gasteiger partial charge in [-0.05, 0) is 36.4 Å². The van der Waals surface area contributed by atoms with Crippen molar-refractivity contribution >= 4 is 44.5 Å². The Labute approximate surface area is 131 Å². The monoisotopic (exact) mass is 344 g/mol. The molecule has 0 aliphatic rings. The Hall–Kier alpha value is -1.70. The molecular weight excluding hydrogens is 335 g/mol. The van der Waals surface area contributed by atoms with Crippen molar-refractivity contribution in [1.29, 1.82) is 0 Å². The zero-order valence-corrected chi connectivity index (χ0v) is 12.9.